The molecule has 0 spiro atoms. The fourth-order valence-electron chi connectivity index (χ4n) is 8.22. The minimum atomic E-state index is -0.499. The molecule has 1 aliphatic carbocycles. The Labute approximate surface area is 281 Å². The Hall–Kier alpha value is -5.92. The zero-order chi connectivity index (χ0) is 32.1. The molecule has 2 unspecified atom stereocenters. The highest BCUT2D eigenvalue weighted by molar-refractivity contribution is 6.13. The molecule has 1 N–H and O–H groups in total. The topological polar surface area (TPSA) is 12.0 Å². The van der Waals surface area contributed by atoms with Gasteiger partial charge in [0.15, 0.2) is 0 Å². The molecule has 48 heavy (non-hydrogen) atoms. The summed E-state index contributed by atoms with van der Waals surface area (Å²) in [6.07, 6.45) is 0. The molecule has 8 aromatic carbocycles. The van der Waals surface area contributed by atoms with Gasteiger partial charge in [-0.15, -0.1) is 0 Å². The van der Waals surface area contributed by atoms with Gasteiger partial charge >= 0.3 is 0 Å². The van der Waals surface area contributed by atoms with E-state index in [0.29, 0.717) is 0 Å². The Balaban J connectivity index is 1.47. The van der Waals surface area contributed by atoms with Crippen LogP contribution in [0.1, 0.15) is 40.7 Å². The van der Waals surface area contributed by atoms with Gasteiger partial charge in [-0.1, -0.05) is 170 Å². The van der Waals surface area contributed by atoms with E-state index < -0.39 is 5.54 Å². The normalized spacial score (nSPS) is 17.5. The quantitative estimate of drug-likeness (QED) is 0.204. The highest BCUT2D eigenvalue weighted by Gasteiger charge is 2.46. The summed E-state index contributed by atoms with van der Waals surface area (Å²) in [7, 11) is 0. The Bertz CT molecular complexity index is 2500. The number of para-hydroxylation sites is 1. The molecule has 0 aromatic heterocycles. The third-order valence-electron chi connectivity index (χ3n) is 10.3. The zero-order valence-electron chi connectivity index (χ0n) is 26.9. The van der Waals surface area contributed by atoms with Crippen molar-refractivity contribution in [2.45, 2.75) is 18.4 Å². The first-order chi connectivity index (χ1) is 23.7. The van der Waals surface area contributed by atoms with Crippen LogP contribution in [0.4, 0.5) is 5.69 Å². The molecule has 1 heteroatoms. The van der Waals surface area contributed by atoms with E-state index in [0.717, 1.165) is 5.69 Å². The van der Waals surface area contributed by atoms with Crippen molar-refractivity contribution in [1.82, 2.24) is 0 Å². The number of rotatable bonds is 5. The molecule has 9 rings (SSSR count). The lowest BCUT2D eigenvalue weighted by Gasteiger charge is -2.47. The van der Waals surface area contributed by atoms with Crippen LogP contribution in [0.15, 0.2) is 182 Å². The Morgan fingerprint density at radius 2 is 0.979 bits per heavy atom. The van der Waals surface area contributed by atoms with Crippen molar-refractivity contribution < 1.29 is 0 Å². The van der Waals surface area contributed by atoms with Crippen molar-refractivity contribution in [2.75, 3.05) is 5.32 Å². The highest BCUT2D eigenvalue weighted by Crippen LogP contribution is 2.58. The summed E-state index contributed by atoms with van der Waals surface area (Å²) in [5.74, 6) is -0.0445. The fourth-order valence-corrected chi connectivity index (χ4v) is 8.22. The molecular weight excluding hydrogens is 579 g/mol. The van der Waals surface area contributed by atoms with Gasteiger partial charge in [0.25, 0.3) is 0 Å². The molecule has 0 radical (unpaired) electrons. The molecule has 1 nitrogen and oxygen atoms in total. The fraction of sp³-hybridized carbons (Fsp3) is 0.0638. The van der Waals surface area contributed by atoms with E-state index in [1.807, 2.05) is 0 Å². The van der Waals surface area contributed by atoms with Crippen LogP contribution >= 0.6 is 0 Å². The lowest BCUT2D eigenvalue weighted by atomic mass is 9.61. The van der Waals surface area contributed by atoms with Gasteiger partial charge < -0.3 is 5.32 Å². The maximum Gasteiger partial charge on any atom is 0.0712 e. The van der Waals surface area contributed by atoms with Gasteiger partial charge in [0.2, 0.25) is 0 Å². The third-order valence-corrected chi connectivity index (χ3v) is 10.3. The standard InChI is InChI=1S/C47H35N/c1-47(48-37-21-3-2-4-22-37)43-28-12-11-25-42(43)44(40-26-13-19-33-16-7-9-23-38(33)40)45(41-27-14-20-34-17-8-10-24-39(34)41)46(47)36-30-29-32-15-5-6-18-35(32)31-36/h2-31,46,48H,1H3. The molecule has 0 heterocycles. The van der Waals surface area contributed by atoms with E-state index in [1.54, 1.807) is 0 Å². The van der Waals surface area contributed by atoms with E-state index in [9.17, 15) is 0 Å². The summed E-state index contributed by atoms with van der Waals surface area (Å²) >= 11 is 0. The van der Waals surface area contributed by atoms with Crippen molar-refractivity contribution in [3.05, 3.63) is 210 Å². The maximum atomic E-state index is 4.13. The molecule has 0 bridgehead atoms. The molecule has 0 saturated heterocycles. The van der Waals surface area contributed by atoms with Crippen LogP contribution in [0, 0.1) is 0 Å². The minimum absolute atomic E-state index is 0.0445. The molecule has 0 fully saturated rings. The van der Waals surface area contributed by atoms with Crippen molar-refractivity contribution in [3.63, 3.8) is 0 Å². The third kappa shape index (κ3) is 4.54. The number of hydrogen-bond acceptors (Lipinski definition) is 1. The number of nitrogens with one attached hydrogen (secondary N) is 1. The summed E-state index contributed by atoms with van der Waals surface area (Å²) < 4.78 is 0. The second kappa shape index (κ2) is 11.4. The van der Waals surface area contributed by atoms with E-state index in [-0.39, 0.29) is 5.92 Å². The summed E-state index contributed by atoms with van der Waals surface area (Å²) in [4.78, 5) is 0. The van der Waals surface area contributed by atoms with E-state index in [2.05, 4.69) is 194 Å². The van der Waals surface area contributed by atoms with Gasteiger partial charge in [0, 0.05) is 11.6 Å². The summed E-state index contributed by atoms with van der Waals surface area (Å²) in [6, 6.07) is 66.8. The van der Waals surface area contributed by atoms with Crippen LogP contribution in [0.5, 0.6) is 0 Å². The van der Waals surface area contributed by atoms with Crippen LogP contribution < -0.4 is 5.32 Å². The average molecular weight is 614 g/mol. The first kappa shape index (κ1) is 28.3. The molecule has 0 aliphatic heterocycles. The highest BCUT2D eigenvalue weighted by atomic mass is 15.0. The molecule has 8 aromatic rings. The van der Waals surface area contributed by atoms with Gasteiger partial charge in [-0.3, -0.25) is 0 Å². The molecular formula is C47H35N. The van der Waals surface area contributed by atoms with E-state index in [1.165, 1.54) is 71.3 Å². The lowest BCUT2D eigenvalue weighted by Crippen LogP contribution is -2.42. The molecule has 228 valence electrons. The Morgan fingerprint density at radius 1 is 0.438 bits per heavy atom. The second-order valence-electron chi connectivity index (χ2n) is 13.1. The van der Waals surface area contributed by atoms with Crippen LogP contribution in [-0.4, -0.2) is 0 Å². The maximum absolute atomic E-state index is 4.13. The predicted molar refractivity (Wildman–Crippen MR) is 204 cm³/mol. The minimum Gasteiger partial charge on any atom is -0.375 e. The summed E-state index contributed by atoms with van der Waals surface area (Å²) in [5, 5.41) is 11.6. The SMILES string of the molecule is CC1(Nc2ccccc2)c2ccccc2C(c2cccc3ccccc23)=C(c2cccc3ccccc23)C1c1ccc2ccccc2c1. The summed E-state index contributed by atoms with van der Waals surface area (Å²) in [5.41, 5.74) is 9.61. The van der Waals surface area contributed by atoms with Crippen molar-refractivity contribution >= 4 is 49.2 Å². The van der Waals surface area contributed by atoms with Gasteiger partial charge in [-0.25, -0.2) is 0 Å². The number of hydrogen-bond donors (Lipinski definition) is 1. The Morgan fingerprint density at radius 3 is 1.73 bits per heavy atom. The largest absolute Gasteiger partial charge is 0.375 e. The van der Waals surface area contributed by atoms with Gasteiger partial charge in [-0.2, -0.15) is 0 Å². The van der Waals surface area contributed by atoms with Gasteiger partial charge in [0.1, 0.15) is 0 Å². The number of fused-ring (bicyclic) bond motifs is 4. The summed E-state index contributed by atoms with van der Waals surface area (Å²) in [6.45, 7) is 2.41. The van der Waals surface area contributed by atoms with Crippen LogP contribution in [-0.2, 0) is 5.54 Å². The molecule has 1 aliphatic rings. The number of benzene rings is 8. The van der Waals surface area contributed by atoms with Gasteiger partial charge in [0.05, 0.1) is 5.54 Å². The van der Waals surface area contributed by atoms with E-state index >= 15 is 0 Å². The second-order valence-corrected chi connectivity index (χ2v) is 13.1. The monoisotopic (exact) mass is 613 g/mol. The molecule has 0 amide bonds. The van der Waals surface area contributed by atoms with Crippen LogP contribution in [0.2, 0.25) is 0 Å². The smallest absolute Gasteiger partial charge is 0.0712 e. The molecule has 0 saturated carbocycles. The van der Waals surface area contributed by atoms with Crippen molar-refractivity contribution in [3.8, 4) is 0 Å². The van der Waals surface area contributed by atoms with Crippen LogP contribution in [0.3, 0.4) is 0 Å². The predicted octanol–water partition coefficient (Wildman–Crippen LogP) is 12.2. The lowest BCUT2D eigenvalue weighted by molar-refractivity contribution is 0.490. The first-order valence-corrected chi connectivity index (χ1v) is 16.8. The van der Waals surface area contributed by atoms with E-state index in [4.69, 9.17) is 0 Å². The van der Waals surface area contributed by atoms with Crippen molar-refractivity contribution in [2.24, 2.45) is 0 Å². The van der Waals surface area contributed by atoms with Crippen molar-refractivity contribution in [1.29, 1.82) is 0 Å². The van der Waals surface area contributed by atoms with Gasteiger partial charge in [-0.05, 0) is 90.3 Å². The number of anilines is 1. The first-order valence-electron chi connectivity index (χ1n) is 16.8. The average Bonchev–Trinajstić information content (AvgIpc) is 3.14. The Kier molecular flexibility index (Phi) is 6.73. The zero-order valence-corrected chi connectivity index (χ0v) is 26.9. The van der Waals surface area contributed by atoms with Crippen LogP contribution in [0.25, 0.3) is 43.5 Å². The molecule has 2 atom stereocenters.